The van der Waals surface area contributed by atoms with Gasteiger partial charge in [-0.2, -0.15) is 8.42 Å². The third-order valence-corrected chi connectivity index (χ3v) is 8.29. The molecular formula is C26H33N3O5S3. The Hall–Kier alpha value is -2.47. The number of benzene rings is 1. The topological polar surface area (TPSA) is 98.2 Å². The molecule has 1 aromatic carbocycles. The first kappa shape index (κ1) is 29.1. The third-order valence-electron chi connectivity index (χ3n) is 5.92. The molecule has 0 spiro atoms. The Morgan fingerprint density at radius 3 is 2.05 bits per heavy atom. The zero-order valence-electron chi connectivity index (χ0n) is 21.1. The van der Waals surface area contributed by atoms with E-state index in [-0.39, 0.29) is 34.7 Å². The number of allylic oxidation sites excluding steroid dienone is 4. The average Bonchev–Trinajstić information content (AvgIpc) is 3.20. The van der Waals surface area contributed by atoms with E-state index in [9.17, 15) is 18.0 Å². The van der Waals surface area contributed by atoms with Crippen LogP contribution in [0.15, 0.2) is 64.1 Å². The molecule has 8 nitrogen and oxygen atoms in total. The summed E-state index contributed by atoms with van der Waals surface area (Å²) in [6.45, 7) is 5.44. The Labute approximate surface area is 228 Å². The largest absolute Gasteiger partial charge is 0.335 e. The van der Waals surface area contributed by atoms with E-state index < -0.39 is 10.1 Å². The van der Waals surface area contributed by atoms with E-state index >= 15 is 0 Å². The maximum atomic E-state index is 13.1. The van der Waals surface area contributed by atoms with Gasteiger partial charge < -0.3 is 4.90 Å². The summed E-state index contributed by atoms with van der Waals surface area (Å²) in [6.07, 6.45) is 10.5. The van der Waals surface area contributed by atoms with E-state index in [0.717, 1.165) is 41.3 Å². The van der Waals surface area contributed by atoms with Crippen LogP contribution in [-0.2, 0) is 19.7 Å². The maximum Gasteiger partial charge on any atom is 0.265 e. The number of hydrogen-bond acceptors (Lipinski definition) is 7. The van der Waals surface area contributed by atoms with Gasteiger partial charge in [-0.3, -0.25) is 23.9 Å². The van der Waals surface area contributed by atoms with Crippen LogP contribution in [0.25, 0.3) is 0 Å². The Kier molecular flexibility index (Phi) is 10.5. The highest BCUT2D eigenvalue weighted by atomic mass is 32.2. The lowest BCUT2D eigenvalue weighted by Crippen LogP contribution is -2.56. The first-order valence-corrected chi connectivity index (χ1v) is 15.3. The molecule has 0 aromatic heterocycles. The highest BCUT2D eigenvalue weighted by Crippen LogP contribution is 2.45. The summed E-state index contributed by atoms with van der Waals surface area (Å²) in [6, 6.07) is 7.79. The fourth-order valence-corrected chi connectivity index (χ4v) is 5.92. The number of nitrogens with zero attached hydrogens (tertiary/aromatic N) is 3. The van der Waals surface area contributed by atoms with Crippen LogP contribution in [0.3, 0.4) is 0 Å². The van der Waals surface area contributed by atoms with Crippen LogP contribution in [0.5, 0.6) is 0 Å². The minimum absolute atomic E-state index is 0.0859. The molecule has 1 aromatic rings. The quantitative estimate of drug-likeness (QED) is 0.168. The van der Waals surface area contributed by atoms with Gasteiger partial charge in [0.2, 0.25) is 0 Å². The molecule has 0 unspecified atom stereocenters. The van der Waals surface area contributed by atoms with Crippen molar-refractivity contribution >= 4 is 56.7 Å². The van der Waals surface area contributed by atoms with E-state index in [0.29, 0.717) is 19.6 Å². The molecule has 1 saturated heterocycles. The van der Waals surface area contributed by atoms with Gasteiger partial charge in [0.05, 0.1) is 16.5 Å². The zero-order chi connectivity index (χ0) is 27.0. The van der Waals surface area contributed by atoms with E-state index in [4.69, 9.17) is 16.8 Å². The third kappa shape index (κ3) is 7.53. The first-order chi connectivity index (χ1) is 17.7. The van der Waals surface area contributed by atoms with Gasteiger partial charge in [-0.25, -0.2) is 0 Å². The summed E-state index contributed by atoms with van der Waals surface area (Å²) in [5, 5.41) is 1.16. The summed E-state index contributed by atoms with van der Waals surface area (Å²) in [5.74, 6) is -1.06. The summed E-state index contributed by atoms with van der Waals surface area (Å²) >= 11 is 7.03. The second-order valence-corrected chi connectivity index (χ2v) is 11.7. The molecule has 1 N–H and O–H groups in total. The molecule has 2 amide bonds. The van der Waals surface area contributed by atoms with Crippen molar-refractivity contribution < 1.29 is 22.6 Å². The van der Waals surface area contributed by atoms with Crippen LogP contribution >= 0.6 is 24.0 Å². The number of amides is 2. The number of thiocarbonyl (C=S) groups is 1. The molecule has 2 aliphatic rings. The van der Waals surface area contributed by atoms with Gasteiger partial charge in [0.25, 0.3) is 21.9 Å². The predicted molar refractivity (Wildman–Crippen MR) is 152 cm³/mol. The lowest BCUT2D eigenvalue weighted by Gasteiger charge is -2.36. The first-order valence-electron chi connectivity index (χ1n) is 12.4. The van der Waals surface area contributed by atoms with Crippen molar-refractivity contribution in [1.29, 1.82) is 0 Å². The molecule has 1 fully saturated rings. The van der Waals surface area contributed by atoms with E-state index in [1.54, 1.807) is 23.9 Å². The van der Waals surface area contributed by atoms with Crippen molar-refractivity contribution in [3.8, 4) is 0 Å². The highest BCUT2D eigenvalue weighted by Gasteiger charge is 2.38. The van der Waals surface area contributed by atoms with Crippen molar-refractivity contribution in [2.75, 3.05) is 30.3 Å². The Balaban J connectivity index is 1.81. The molecule has 0 atom stereocenters. The van der Waals surface area contributed by atoms with Crippen LogP contribution < -0.4 is 4.90 Å². The van der Waals surface area contributed by atoms with Gasteiger partial charge in [0, 0.05) is 24.5 Å². The lowest BCUT2D eigenvalue weighted by molar-refractivity contribution is -0.133. The van der Waals surface area contributed by atoms with E-state index in [1.807, 2.05) is 49.1 Å². The fraction of sp³-hybridized carbons (Fsp3) is 0.423. The minimum Gasteiger partial charge on any atom is -0.335 e. The Bertz CT molecular complexity index is 1190. The predicted octanol–water partition coefficient (Wildman–Crippen LogP) is 4.76. The van der Waals surface area contributed by atoms with Crippen molar-refractivity contribution in [3.05, 3.63) is 59.2 Å². The lowest BCUT2D eigenvalue weighted by atomic mass is 10.1. The molecule has 3 rings (SSSR count). The molecule has 0 radical (unpaired) electrons. The van der Waals surface area contributed by atoms with Gasteiger partial charge >= 0.3 is 0 Å². The molecule has 0 aliphatic carbocycles. The van der Waals surface area contributed by atoms with Crippen molar-refractivity contribution in [2.24, 2.45) is 0 Å². The van der Waals surface area contributed by atoms with Crippen LogP contribution in [0.1, 0.15) is 46.0 Å². The second kappa shape index (κ2) is 13.4. The van der Waals surface area contributed by atoms with Gasteiger partial charge in [0.1, 0.15) is 5.57 Å². The number of para-hydroxylation sites is 1. The van der Waals surface area contributed by atoms with E-state index in [1.165, 1.54) is 15.9 Å². The van der Waals surface area contributed by atoms with Gasteiger partial charge in [0.15, 0.2) is 5.11 Å². The smallest absolute Gasteiger partial charge is 0.265 e. The van der Waals surface area contributed by atoms with Crippen molar-refractivity contribution in [3.63, 3.8) is 0 Å². The number of unbranched alkanes of at least 4 members (excludes halogenated alkanes) is 2. The number of rotatable bonds is 12. The van der Waals surface area contributed by atoms with Crippen LogP contribution in [-0.4, -0.2) is 65.1 Å². The molecule has 0 saturated carbocycles. The van der Waals surface area contributed by atoms with Gasteiger partial charge in [-0.15, -0.1) is 0 Å². The van der Waals surface area contributed by atoms with Crippen LogP contribution in [0.4, 0.5) is 5.69 Å². The summed E-state index contributed by atoms with van der Waals surface area (Å²) < 4.78 is 31.4. The minimum atomic E-state index is -4.04. The number of carbonyl (C=O) groups excluding carboxylic acids is 2. The summed E-state index contributed by atoms with van der Waals surface area (Å²) in [5.41, 5.74) is 1.05. The zero-order valence-corrected chi connectivity index (χ0v) is 23.6. The van der Waals surface area contributed by atoms with Crippen LogP contribution in [0.2, 0.25) is 0 Å². The van der Waals surface area contributed by atoms with Gasteiger partial charge in [-0.1, -0.05) is 62.7 Å². The number of thioether (sulfide) groups is 1. The fourth-order valence-electron chi connectivity index (χ4n) is 3.97. The molecule has 37 heavy (non-hydrogen) atoms. The number of fused-ring (bicyclic) bond motifs is 1. The maximum absolute atomic E-state index is 13.1. The molecular weight excluding hydrogens is 531 g/mol. The molecule has 0 bridgehead atoms. The monoisotopic (exact) mass is 563 g/mol. The molecule has 11 heteroatoms. The van der Waals surface area contributed by atoms with E-state index in [2.05, 4.69) is 0 Å². The average molecular weight is 564 g/mol. The highest BCUT2D eigenvalue weighted by molar-refractivity contribution is 8.03. The van der Waals surface area contributed by atoms with Crippen LogP contribution in [0, 0.1) is 0 Å². The normalized spacial score (nSPS) is 17.5. The number of anilines is 1. The SMILES string of the molecule is CCCCN1C(=O)C(=C/C=C/C=C2\Sc3ccccc3N2CCCS(=O)(=O)O)C(=O)N(CCCC)C1=S. The molecule has 2 heterocycles. The number of carbonyl (C=O) groups is 2. The molecule has 200 valence electrons. The second-order valence-electron chi connectivity index (χ2n) is 8.73. The molecule has 2 aliphatic heterocycles. The Morgan fingerprint density at radius 2 is 1.46 bits per heavy atom. The summed E-state index contributed by atoms with van der Waals surface area (Å²) in [7, 11) is -4.04. The van der Waals surface area contributed by atoms with Crippen molar-refractivity contribution in [2.45, 2.75) is 50.8 Å². The van der Waals surface area contributed by atoms with Crippen molar-refractivity contribution in [1.82, 2.24) is 9.80 Å². The number of hydrogen-bond donors (Lipinski definition) is 1. The standard InChI is InChI=1S/C26H33N3O5S3/c1-3-5-16-28-24(30)20(25(31)29(26(28)35)17-6-4-2)12-7-10-15-23-27(18-11-19-37(32,33)34)21-13-8-9-14-22(21)36-23/h7-10,12-15H,3-6,11,16-19H2,1-2H3,(H,32,33,34)/b10-7+,23-15-. The summed E-state index contributed by atoms with van der Waals surface area (Å²) in [4.78, 5) is 32.3. The Morgan fingerprint density at radius 1 is 0.892 bits per heavy atom. The van der Waals surface area contributed by atoms with Gasteiger partial charge in [-0.05, 0) is 55.8 Å².